The maximum Gasteiger partial charge on any atom is 0.459 e. The van der Waals surface area contributed by atoms with Crippen molar-refractivity contribution in [3.63, 3.8) is 0 Å². The highest BCUT2D eigenvalue weighted by atomic mass is 16.6. The second-order valence-electron chi connectivity index (χ2n) is 5.16. The van der Waals surface area contributed by atoms with Gasteiger partial charge in [0, 0.05) is 25.4 Å². The van der Waals surface area contributed by atoms with Crippen LogP contribution in [0.15, 0.2) is 4.79 Å². The van der Waals surface area contributed by atoms with Crippen LogP contribution in [0.5, 0.6) is 0 Å². The smallest absolute Gasteiger partial charge is 0.459 e. The summed E-state index contributed by atoms with van der Waals surface area (Å²) in [4.78, 5) is 44.2. The molecule has 1 aliphatic heterocycles. The molecule has 1 aliphatic rings. The number of carbonyl (C=O) groups excluding carboxylic acids is 2. The van der Waals surface area contributed by atoms with Gasteiger partial charge in [0.05, 0.1) is 7.05 Å². The molecule has 1 aromatic heterocycles. The first-order valence-electron chi connectivity index (χ1n) is 6.96. The summed E-state index contributed by atoms with van der Waals surface area (Å²) in [5.41, 5.74) is -0.749. The molecule has 2 heterocycles. The number of nitro groups is 1. The van der Waals surface area contributed by atoms with E-state index in [1.807, 2.05) is 0 Å². The number of hydrogen-bond acceptors (Lipinski definition) is 9. The van der Waals surface area contributed by atoms with E-state index in [4.69, 9.17) is 14.2 Å². The van der Waals surface area contributed by atoms with Crippen molar-refractivity contribution in [1.29, 1.82) is 0 Å². The van der Waals surface area contributed by atoms with Gasteiger partial charge >= 0.3 is 23.6 Å². The van der Waals surface area contributed by atoms with Crippen molar-refractivity contribution in [3.8, 4) is 0 Å². The van der Waals surface area contributed by atoms with Gasteiger partial charge in [-0.1, -0.05) is 0 Å². The van der Waals surface area contributed by atoms with E-state index in [-0.39, 0.29) is 13.0 Å². The van der Waals surface area contributed by atoms with Crippen molar-refractivity contribution in [3.05, 3.63) is 20.6 Å². The molecular formula is C12H16N4O8. The van der Waals surface area contributed by atoms with Crippen molar-refractivity contribution >= 4 is 17.9 Å². The fourth-order valence-electron chi connectivity index (χ4n) is 2.33. The summed E-state index contributed by atoms with van der Waals surface area (Å²) in [7, 11) is 1.21. The molecule has 0 unspecified atom stereocenters. The molecule has 1 saturated heterocycles. The van der Waals surface area contributed by atoms with Gasteiger partial charge in [-0.25, -0.2) is 4.79 Å². The van der Waals surface area contributed by atoms with E-state index >= 15 is 0 Å². The molecule has 2 rings (SSSR count). The highest BCUT2D eigenvalue weighted by Crippen LogP contribution is 2.30. The number of carbonyl (C=O) groups is 2. The first kappa shape index (κ1) is 17.6. The Hall–Kier alpha value is -2.76. The molecule has 0 spiro atoms. The minimum atomic E-state index is -0.984. The third-order valence-corrected chi connectivity index (χ3v) is 3.36. The number of ether oxygens (including phenoxy) is 3. The number of nitrogens with zero attached hydrogens (tertiary/aromatic N) is 4. The van der Waals surface area contributed by atoms with Crippen LogP contribution in [0.25, 0.3) is 0 Å². The molecule has 0 aliphatic carbocycles. The van der Waals surface area contributed by atoms with Crippen molar-refractivity contribution in [1.82, 2.24) is 14.3 Å². The van der Waals surface area contributed by atoms with Crippen molar-refractivity contribution in [2.45, 2.75) is 38.7 Å². The lowest BCUT2D eigenvalue weighted by atomic mass is 10.2. The van der Waals surface area contributed by atoms with E-state index in [1.54, 1.807) is 0 Å². The molecule has 1 fully saturated rings. The number of rotatable bonds is 5. The maximum atomic E-state index is 12.1. The normalized spacial score (nSPS) is 23.0. The van der Waals surface area contributed by atoms with Crippen LogP contribution in [-0.2, 0) is 30.8 Å². The van der Waals surface area contributed by atoms with Gasteiger partial charge in [0.15, 0.2) is 6.23 Å². The van der Waals surface area contributed by atoms with Crippen molar-refractivity contribution in [2.24, 2.45) is 7.05 Å². The minimum absolute atomic E-state index is 0.0413. The van der Waals surface area contributed by atoms with Crippen molar-refractivity contribution in [2.75, 3.05) is 6.61 Å². The topological polar surface area (TPSA) is 145 Å². The Labute approximate surface area is 135 Å². The summed E-state index contributed by atoms with van der Waals surface area (Å²) in [6.07, 6.45) is -2.53. The Morgan fingerprint density at radius 1 is 1.42 bits per heavy atom. The Kier molecular flexibility index (Phi) is 4.97. The van der Waals surface area contributed by atoms with E-state index < -0.39 is 46.9 Å². The number of esters is 2. The van der Waals surface area contributed by atoms with E-state index in [1.165, 1.54) is 20.9 Å². The maximum absolute atomic E-state index is 12.1. The second kappa shape index (κ2) is 6.78. The van der Waals surface area contributed by atoms with E-state index in [9.17, 15) is 24.5 Å². The lowest BCUT2D eigenvalue weighted by Crippen LogP contribution is -2.31. The Morgan fingerprint density at radius 3 is 2.58 bits per heavy atom. The number of hydrogen-bond donors (Lipinski definition) is 0. The largest absolute Gasteiger partial charge is 0.463 e. The highest BCUT2D eigenvalue weighted by Gasteiger charge is 2.42. The van der Waals surface area contributed by atoms with Gasteiger partial charge in [0.25, 0.3) is 0 Å². The molecule has 12 heteroatoms. The third kappa shape index (κ3) is 3.59. The molecule has 3 atom stereocenters. The fraction of sp³-hybridized carbons (Fsp3) is 0.667. The molecule has 0 aromatic carbocycles. The van der Waals surface area contributed by atoms with Gasteiger partial charge in [-0.2, -0.15) is 4.57 Å². The molecular weight excluding hydrogens is 328 g/mol. The molecule has 12 nitrogen and oxygen atoms in total. The van der Waals surface area contributed by atoms with E-state index in [2.05, 4.69) is 5.10 Å². The van der Waals surface area contributed by atoms with Crippen LogP contribution in [-0.4, -0.2) is 50.0 Å². The zero-order chi connectivity index (χ0) is 18.0. The zero-order valence-electron chi connectivity index (χ0n) is 13.2. The molecule has 0 saturated carbocycles. The van der Waals surface area contributed by atoms with Crippen LogP contribution in [0.4, 0.5) is 5.95 Å². The SMILES string of the molecule is CC(=O)OC[C@H]1O[C@@H](n2nc([N+](=O)[O-])n(C)c2=O)C[C@@H]1OC(C)=O. The highest BCUT2D eigenvalue weighted by molar-refractivity contribution is 5.66. The average Bonchev–Trinajstić information content (AvgIpc) is 2.99. The van der Waals surface area contributed by atoms with Crippen molar-refractivity contribution < 1.29 is 28.7 Å². The van der Waals surface area contributed by atoms with Crippen LogP contribution < -0.4 is 5.69 Å². The molecule has 0 bridgehead atoms. The van der Waals surface area contributed by atoms with Gasteiger partial charge in [-0.15, -0.1) is 4.68 Å². The van der Waals surface area contributed by atoms with Gasteiger partial charge < -0.3 is 24.3 Å². The average molecular weight is 344 g/mol. The lowest BCUT2D eigenvalue weighted by Gasteiger charge is -2.17. The minimum Gasteiger partial charge on any atom is -0.463 e. The Bertz CT molecular complexity index is 723. The summed E-state index contributed by atoms with van der Waals surface area (Å²) >= 11 is 0. The van der Waals surface area contributed by atoms with E-state index in [0.29, 0.717) is 0 Å². The van der Waals surface area contributed by atoms with Crippen LogP contribution >= 0.6 is 0 Å². The molecule has 24 heavy (non-hydrogen) atoms. The third-order valence-electron chi connectivity index (χ3n) is 3.36. The van der Waals surface area contributed by atoms with Crippen LogP contribution in [0, 0.1) is 10.1 Å². The van der Waals surface area contributed by atoms with E-state index in [0.717, 1.165) is 9.25 Å². The fourth-order valence-corrected chi connectivity index (χ4v) is 2.33. The lowest BCUT2D eigenvalue weighted by molar-refractivity contribution is -0.397. The summed E-state index contributed by atoms with van der Waals surface area (Å²) < 4.78 is 17.1. The first-order chi connectivity index (χ1) is 11.2. The van der Waals surface area contributed by atoms with Gasteiger partial charge in [-0.05, 0) is 4.92 Å². The summed E-state index contributed by atoms with van der Waals surface area (Å²) in [5, 5.41) is 14.5. The standard InChI is InChI=1S/C12H16N4O8/c1-6(17)22-5-9-8(23-7(2)18)4-10(24-9)15-12(19)14(3)11(13-15)16(20)21/h8-10H,4-5H2,1-3H3/t8-,9+,10+/m0/s1. The number of aromatic nitrogens is 3. The van der Waals surface area contributed by atoms with Gasteiger partial charge in [0.1, 0.15) is 18.8 Å². The second-order valence-corrected chi connectivity index (χ2v) is 5.16. The predicted molar refractivity (Wildman–Crippen MR) is 74.8 cm³/mol. The van der Waals surface area contributed by atoms with Crippen LogP contribution in [0.2, 0.25) is 0 Å². The van der Waals surface area contributed by atoms with Gasteiger partial charge in [0.2, 0.25) is 0 Å². The quantitative estimate of drug-likeness (QED) is 0.383. The predicted octanol–water partition coefficient (Wildman–Crippen LogP) is -0.728. The summed E-state index contributed by atoms with van der Waals surface area (Å²) in [6.45, 7) is 2.22. The summed E-state index contributed by atoms with van der Waals surface area (Å²) in [5.74, 6) is -1.76. The van der Waals surface area contributed by atoms with Gasteiger partial charge in [-0.3, -0.25) is 9.59 Å². The zero-order valence-corrected chi connectivity index (χ0v) is 13.2. The summed E-state index contributed by atoms with van der Waals surface area (Å²) in [6, 6.07) is 0. The Morgan fingerprint density at radius 2 is 2.08 bits per heavy atom. The molecule has 132 valence electrons. The Balaban J connectivity index is 2.24. The first-order valence-corrected chi connectivity index (χ1v) is 6.96. The molecule has 0 amide bonds. The molecule has 0 N–H and O–H groups in total. The molecule has 0 radical (unpaired) electrons. The van der Waals surface area contributed by atoms with Crippen LogP contribution in [0.1, 0.15) is 26.5 Å². The monoisotopic (exact) mass is 344 g/mol. The van der Waals surface area contributed by atoms with Crippen LogP contribution in [0.3, 0.4) is 0 Å². The molecule has 1 aromatic rings.